The molecular weight excluding hydrogens is 150 g/mol. The molecule has 0 atom stereocenters. The van der Waals surface area contributed by atoms with Gasteiger partial charge in [0, 0.05) is 18.9 Å². The second kappa shape index (κ2) is 3.91. The summed E-state index contributed by atoms with van der Waals surface area (Å²) in [4.78, 5) is 3.91. The van der Waals surface area contributed by atoms with Crippen LogP contribution in [0.5, 0.6) is 0 Å². The van der Waals surface area contributed by atoms with Gasteiger partial charge in [-0.05, 0) is 12.3 Å². The molecule has 1 aromatic rings. The summed E-state index contributed by atoms with van der Waals surface area (Å²) in [6, 6.07) is 2.05. The number of aromatic nitrogens is 2. The van der Waals surface area contributed by atoms with E-state index in [1.165, 1.54) is 0 Å². The molecule has 0 aromatic carbocycles. The van der Waals surface area contributed by atoms with Crippen LogP contribution >= 0.6 is 0 Å². The first kappa shape index (κ1) is 8.79. The lowest BCUT2D eigenvalue weighted by molar-refractivity contribution is 0.513. The number of rotatable bonds is 3. The summed E-state index contributed by atoms with van der Waals surface area (Å²) in [5.41, 5.74) is 0. The summed E-state index contributed by atoms with van der Waals surface area (Å²) >= 11 is 0. The minimum atomic E-state index is 0.510. The lowest BCUT2D eigenvalue weighted by atomic mass is 10.1. The van der Waals surface area contributed by atoms with Crippen molar-refractivity contribution >= 4 is 0 Å². The largest absolute Gasteiger partial charge is 0.323 e. The first-order chi connectivity index (χ1) is 5.74. The second-order valence-corrected chi connectivity index (χ2v) is 3.24. The van der Waals surface area contributed by atoms with Gasteiger partial charge in [-0.2, -0.15) is 5.26 Å². The van der Waals surface area contributed by atoms with Crippen molar-refractivity contribution in [2.45, 2.75) is 26.8 Å². The molecule has 1 aromatic heterocycles. The zero-order valence-corrected chi connectivity index (χ0v) is 7.49. The van der Waals surface area contributed by atoms with Crippen LogP contribution in [0.4, 0.5) is 0 Å². The molecule has 0 aliphatic rings. The molecule has 0 aliphatic heterocycles. The average Bonchev–Trinajstić information content (AvgIpc) is 2.47. The van der Waals surface area contributed by atoms with E-state index in [2.05, 4.69) is 24.9 Å². The van der Waals surface area contributed by atoms with Gasteiger partial charge in [0.15, 0.2) is 0 Å². The number of aryl methyl sites for hydroxylation is 1. The van der Waals surface area contributed by atoms with Gasteiger partial charge in [-0.25, -0.2) is 4.98 Å². The molecule has 1 rings (SSSR count). The zero-order valence-electron chi connectivity index (χ0n) is 7.49. The van der Waals surface area contributed by atoms with Crippen molar-refractivity contribution < 1.29 is 0 Å². The maximum absolute atomic E-state index is 8.64. The van der Waals surface area contributed by atoms with E-state index in [1.54, 1.807) is 6.20 Å². The Morgan fingerprint density at radius 1 is 1.67 bits per heavy atom. The molecule has 0 saturated heterocycles. The van der Waals surface area contributed by atoms with Crippen molar-refractivity contribution in [3.63, 3.8) is 0 Å². The van der Waals surface area contributed by atoms with Crippen LogP contribution in [0.15, 0.2) is 12.4 Å². The molecule has 0 amide bonds. The number of hydrogen-bond acceptors (Lipinski definition) is 2. The summed E-state index contributed by atoms with van der Waals surface area (Å²) in [5, 5.41) is 8.64. The van der Waals surface area contributed by atoms with Crippen molar-refractivity contribution in [1.82, 2.24) is 9.55 Å². The van der Waals surface area contributed by atoms with Crippen LogP contribution in [0.25, 0.3) is 0 Å². The molecule has 0 N–H and O–H groups in total. The fourth-order valence-electron chi connectivity index (χ4n) is 1.000. The topological polar surface area (TPSA) is 41.6 Å². The minimum Gasteiger partial charge on any atom is -0.323 e. The summed E-state index contributed by atoms with van der Waals surface area (Å²) < 4.78 is 1.89. The summed E-state index contributed by atoms with van der Waals surface area (Å²) in [5.74, 6) is 1.18. The maximum atomic E-state index is 8.64. The summed E-state index contributed by atoms with van der Waals surface area (Å²) in [6.45, 7) is 5.23. The number of hydrogen-bond donors (Lipinski definition) is 0. The third-order valence-electron chi connectivity index (χ3n) is 1.76. The molecule has 0 radical (unpaired) electrons. The highest BCUT2D eigenvalue weighted by Crippen LogP contribution is 2.04. The Bertz CT molecular complexity index is 280. The lowest BCUT2D eigenvalue weighted by Crippen LogP contribution is -2.02. The van der Waals surface area contributed by atoms with Crippen molar-refractivity contribution in [1.29, 1.82) is 5.26 Å². The van der Waals surface area contributed by atoms with E-state index < -0.39 is 0 Å². The molecule has 3 nitrogen and oxygen atoms in total. The van der Waals surface area contributed by atoms with Gasteiger partial charge in [0.25, 0.3) is 0 Å². The highest BCUT2D eigenvalue weighted by molar-refractivity contribution is 5.10. The molecule has 0 bridgehead atoms. The quantitative estimate of drug-likeness (QED) is 0.681. The highest BCUT2D eigenvalue weighted by atomic mass is 15.1. The van der Waals surface area contributed by atoms with Gasteiger partial charge in [0.1, 0.15) is 6.07 Å². The molecule has 12 heavy (non-hydrogen) atoms. The van der Waals surface area contributed by atoms with Crippen LogP contribution < -0.4 is 0 Å². The molecule has 64 valence electrons. The Hall–Kier alpha value is -1.30. The normalized spacial score (nSPS) is 10.2. The van der Waals surface area contributed by atoms with Gasteiger partial charge in [0.2, 0.25) is 5.82 Å². The van der Waals surface area contributed by atoms with Crippen molar-refractivity contribution in [3.8, 4) is 6.07 Å². The van der Waals surface area contributed by atoms with Crippen LogP contribution in [0.1, 0.15) is 26.1 Å². The van der Waals surface area contributed by atoms with Gasteiger partial charge >= 0.3 is 0 Å². The smallest absolute Gasteiger partial charge is 0.212 e. The van der Waals surface area contributed by atoms with E-state index in [0.29, 0.717) is 11.7 Å². The molecule has 1 heterocycles. The molecule has 0 spiro atoms. The Kier molecular flexibility index (Phi) is 2.87. The number of imidazole rings is 1. The molecule has 0 saturated carbocycles. The van der Waals surface area contributed by atoms with Crippen LogP contribution in [0.2, 0.25) is 0 Å². The highest BCUT2D eigenvalue weighted by Gasteiger charge is 2.01. The van der Waals surface area contributed by atoms with Crippen LogP contribution in [0, 0.1) is 17.2 Å². The van der Waals surface area contributed by atoms with E-state index in [1.807, 2.05) is 10.8 Å². The van der Waals surface area contributed by atoms with Crippen molar-refractivity contribution in [3.05, 3.63) is 18.2 Å². The predicted molar refractivity (Wildman–Crippen MR) is 46.4 cm³/mol. The van der Waals surface area contributed by atoms with Gasteiger partial charge in [-0.1, -0.05) is 13.8 Å². The fraction of sp³-hybridized carbons (Fsp3) is 0.556. The number of nitrogens with zero attached hydrogens (tertiary/aromatic N) is 3. The average molecular weight is 163 g/mol. The van der Waals surface area contributed by atoms with Gasteiger partial charge in [-0.3, -0.25) is 0 Å². The predicted octanol–water partition coefficient (Wildman–Crippen LogP) is 1.80. The molecule has 0 aliphatic carbocycles. The molecular formula is C9H13N3. The van der Waals surface area contributed by atoms with Crippen LogP contribution in [0.3, 0.4) is 0 Å². The van der Waals surface area contributed by atoms with Crippen molar-refractivity contribution in [2.75, 3.05) is 0 Å². The Labute approximate surface area is 72.7 Å². The SMILES string of the molecule is CC(C)CCn1ccnc1C#N. The first-order valence-electron chi connectivity index (χ1n) is 4.15. The monoisotopic (exact) mass is 163 g/mol. The number of nitriles is 1. The van der Waals surface area contributed by atoms with Crippen LogP contribution in [-0.2, 0) is 6.54 Å². The molecule has 0 fully saturated rings. The maximum Gasteiger partial charge on any atom is 0.212 e. The van der Waals surface area contributed by atoms with E-state index in [-0.39, 0.29) is 0 Å². The van der Waals surface area contributed by atoms with Gasteiger partial charge in [0.05, 0.1) is 0 Å². The Morgan fingerprint density at radius 3 is 3.00 bits per heavy atom. The molecule has 0 unspecified atom stereocenters. The zero-order chi connectivity index (χ0) is 8.97. The van der Waals surface area contributed by atoms with E-state index in [0.717, 1.165) is 13.0 Å². The van der Waals surface area contributed by atoms with E-state index in [9.17, 15) is 0 Å². The van der Waals surface area contributed by atoms with Gasteiger partial charge < -0.3 is 4.57 Å². The van der Waals surface area contributed by atoms with Gasteiger partial charge in [-0.15, -0.1) is 0 Å². The summed E-state index contributed by atoms with van der Waals surface area (Å²) in [7, 11) is 0. The minimum absolute atomic E-state index is 0.510. The Morgan fingerprint density at radius 2 is 2.42 bits per heavy atom. The van der Waals surface area contributed by atoms with E-state index >= 15 is 0 Å². The standard InChI is InChI=1S/C9H13N3/c1-8(2)3-5-12-6-4-11-9(12)7-10/h4,6,8H,3,5H2,1-2H3. The first-order valence-corrected chi connectivity index (χ1v) is 4.15. The third kappa shape index (κ3) is 2.09. The fourth-order valence-corrected chi connectivity index (χ4v) is 1.000. The Balaban J connectivity index is 2.58. The van der Waals surface area contributed by atoms with E-state index in [4.69, 9.17) is 5.26 Å². The van der Waals surface area contributed by atoms with Crippen LogP contribution in [-0.4, -0.2) is 9.55 Å². The van der Waals surface area contributed by atoms with Crippen molar-refractivity contribution in [2.24, 2.45) is 5.92 Å². The molecule has 3 heteroatoms. The second-order valence-electron chi connectivity index (χ2n) is 3.24. The third-order valence-corrected chi connectivity index (χ3v) is 1.76. The summed E-state index contributed by atoms with van der Waals surface area (Å²) in [6.07, 6.45) is 4.60. The lowest BCUT2D eigenvalue weighted by Gasteiger charge is -2.05.